The van der Waals surface area contributed by atoms with Gasteiger partial charge < -0.3 is 10.3 Å². The summed E-state index contributed by atoms with van der Waals surface area (Å²) in [7, 11) is 0. The van der Waals surface area contributed by atoms with Crippen LogP contribution in [0.2, 0.25) is 0 Å². The van der Waals surface area contributed by atoms with Crippen molar-refractivity contribution in [2.24, 2.45) is 5.92 Å². The molecule has 1 aromatic carbocycles. The summed E-state index contributed by atoms with van der Waals surface area (Å²) in [6.07, 6.45) is 9.35. The van der Waals surface area contributed by atoms with Gasteiger partial charge >= 0.3 is 0 Å². The van der Waals surface area contributed by atoms with Gasteiger partial charge in [0.15, 0.2) is 0 Å². The van der Waals surface area contributed by atoms with Crippen LogP contribution < -0.4 is 5.32 Å². The van der Waals surface area contributed by atoms with Crippen LogP contribution in [0.15, 0.2) is 24.3 Å². The van der Waals surface area contributed by atoms with Crippen LogP contribution >= 0.6 is 0 Å². The van der Waals surface area contributed by atoms with E-state index in [1.807, 2.05) is 0 Å². The van der Waals surface area contributed by atoms with E-state index < -0.39 is 0 Å². The first kappa shape index (κ1) is 13.4. The van der Waals surface area contributed by atoms with Gasteiger partial charge in [-0.2, -0.15) is 0 Å². The van der Waals surface area contributed by atoms with E-state index in [-0.39, 0.29) is 0 Å². The average Bonchev–Trinajstić information content (AvgIpc) is 2.87. The van der Waals surface area contributed by atoms with Gasteiger partial charge in [-0.1, -0.05) is 38.0 Å². The van der Waals surface area contributed by atoms with Gasteiger partial charge in [-0.05, 0) is 49.7 Å². The number of aromatic nitrogens is 1. The predicted molar refractivity (Wildman–Crippen MR) is 88.5 cm³/mol. The van der Waals surface area contributed by atoms with Crippen LogP contribution in [0.1, 0.15) is 62.7 Å². The van der Waals surface area contributed by atoms with Crippen molar-refractivity contribution in [1.29, 1.82) is 0 Å². The molecular weight excluding hydrogens is 256 g/mol. The Hall–Kier alpha value is -1.28. The Bertz CT molecular complexity index is 628. The Balaban J connectivity index is 1.61. The molecule has 1 heterocycles. The quantitative estimate of drug-likeness (QED) is 0.820. The van der Waals surface area contributed by atoms with Crippen LogP contribution in [0, 0.1) is 5.92 Å². The first-order valence-electron chi connectivity index (χ1n) is 8.67. The Labute approximate surface area is 127 Å². The van der Waals surface area contributed by atoms with Crippen LogP contribution in [0.25, 0.3) is 10.9 Å². The minimum atomic E-state index is 0.538. The molecule has 0 amide bonds. The number of H-pyrrole nitrogens is 1. The second-order valence-corrected chi connectivity index (χ2v) is 7.14. The topological polar surface area (TPSA) is 27.8 Å². The Morgan fingerprint density at radius 3 is 2.90 bits per heavy atom. The van der Waals surface area contributed by atoms with Gasteiger partial charge in [0.1, 0.15) is 0 Å². The third-order valence-corrected chi connectivity index (χ3v) is 5.49. The molecule has 112 valence electrons. The molecule has 2 nitrogen and oxygen atoms in total. The molecule has 2 aliphatic carbocycles. The largest absolute Gasteiger partial charge is 0.357 e. The highest BCUT2D eigenvalue weighted by molar-refractivity contribution is 5.85. The van der Waals surface area contributed by atoms with Crippen molar-refractivity contribution in [1.82, 2.24) is 10.3 Å². The fourth-order valence-electron chi connectivity index (χ4n) is 4.45. The summed E-state index contributed by atoms with van der Waals surface area (Å²) in [6, 6.07) is 10.0. The number of aromatic amines is 1. The minimum absolute atomic E-state index is 0.538. The summed E-state index contributed by atoms with van der Waals surface area (Å²) < 4.78 is 0. The van der Waals surface area contributed by atoms with Crippen LogP contribution in [0.5, 0.6) is 0 Å². The van der Waals surface area contributed by atoms with Crippen LogP contribution in [0.4, 0.5) is 0 Å². The smallest absolute Gasteiger partial charge is 0.0478 e. The van der Waals surface area contributed by atoms with E-state index in [0.717, 1.165) is 12.0 Å². The average molecular weight is 282 g/mol. The molecule has 2 aliphatic rings. The van der Waals surface area contributed by atoms with E-state index in [2.05, 4.69) is 41.5 Å². The molecule has 0 saturated heterocycles. The normalized spacial score (nSPS) is 29.5. The number of hydrogen-bond acceptors (Lipinski definition) is 1. The Kier molecular flexibility index (Phi) is 3.50. The third-order valence-electron chi connectivity index (χ3n) is 5.49. The predicted octanol–water partition coefficient (Wildman–Crippen LogP) is 4.71. The summed E-state index contributed by atoms with van der Waals surface area (Å²) in [5.41, 5.74) is 4.35. The number of rotatable bonds is 2. The zero-order chi connectivity index (χ0) is 14.2. The van der Waals surface area contributed by atoms with Gasteiger partial charge in [-0.3, -0.25) is 0 Å². The van der Waals surface area contributed by atoms with Crippen molar-refractivity contribution in [2.45, 2.75) is 64.0 Å². The molecule has 0 aliphatic heterocycles. The van der Waals surface area contributed by atoms with E-state index in [9.17, 15) is 0 Å². The number of para-hydroxylation sites is 1. The van der Waals surface area contributed by atoms with Crippen LogP contribution in [0.3, 0.4) is 0 Å². The van der Waals surface area contributed by atoms with Crippen molar-refractivity contribution in [3.63, 3.8) is 0 Å². The Morgan fingerprint density at radius 1 is 1.10 bits per heavy atom. The molecule has 0 radical (unpaired) electrons. The van der Waals surface area contributed by atoms with Crippen molar-refractivity contribution >= 4 is 10.9 Å². The van der Waals surface area contributed by atoms with Crippen molar-refractivity contribution in [3.05, 3.63) is 35.5 Å². The van der Waals surface area contributed by atoms with Gasteiger partial charge in [0.05, 0.1) is 0 Å². The van der Waals surface area contributed by atoms with Gasteiger partial charge in [0.25, 0.3) is 0 Å². The summed E-state index contributed by atoms with van der Waals surface area (Å²) in [4.78, 5) is 3.70. The summed E-state index contributed by atoms with van der Waals surface area (Å²) in [5.74, 6) is 0.891. The molecule has 21 heavy (non-hydrogen) atoms. The third kappa shape index (κ3) is 2.50. The van der Waals surface area contributed by atoms with Crippen LogP contribution in [-0.4, -0.2) is 11.0 Å². The summed E-state index contributed by atoms with van der Waals surface area (Å²) >= 11 is 0. The molecule has 0 spiro atoms. The van der Waals surface area contributed by atoms with E-state index in [1.165, 1.54) is 61.5 Å². The SMILES string of the molecule is CC1CCCC(NC2CCCc3c2[nH]c2ccccc32)C1. The lowest BCUT2D eigenvalue weighted by Crippen LogP contribution is -2.37. The minimum Gasteiger partial charge on any atom is -0.357 e. The standard InChI is InChI=1S/C19H26N2/c1-13-6-4-7-14(12-13)20-18-11-5-9-16-15-8-2-3-10-17(15)21-19(16)18/h2-3,8,10,13-14,18,20-21H,4-7,9,11-12H2,1H3. The molecule has 2 N–H and O–H groups in total. The zero-order valence-electron chi connectivity index (χ0n) is 13.0. The number of hydrogen-bond donors (Lipinski definition) is 2. The van der Waals surface area contributed by atoms with E-state index >= 15 is 0 Å². The molecule has 3 atom stereocenters. The molecule has 1 aromatic heterocycles. The summed E-state index contributed by atoms with van der Waals surface area (Å²) in [5, 5.41) is 5.41. The highest BCUT2D eigenvalue weighted by Crippen LogP contribution is 2.36. The second-order valence-electron chi connectivity index (χ2n) is 7.14. The molecular formula is C19H26N2. The first-order valence-corrected chi connectivity index (χ1v) is 8.67. The van der Waals surface area contributed by atoms with Gasteiger partial charge in [0.2, 0.25) is 0 Å². The molecule has 3 unspecified atom stereocenters. The molecule has 1 fully saturated rings. The molecule has 1 saturated carbocycles. The lowest BCUT2D eigenvalue weighted by molar-refractivity contribution is 0.270. The van der Waals surface area contributed by atoms with E-state index in [4.69, 9.17) is 0 Å². The fourth-order valence-corrected chi connectivity index (χ4v) is 4.45. The number of fused-ring (bicyclic) bond motifs is 3. The van der Waals surface area contributed by atoms with Crippen LogP contribution in [-0.2, 0) is 6.42 Å². The lowest BCUT2D eigenvalue weighted by atomic mass is 9.85. The number of nitrogens with one attached hydrogen (secondary N) is 2. The highest BCUT2D eigenvalue weighted by Gasteiger charge is 2.27. The molecule has 2 aromatic rings. The Morgan fingerprint density at radius 2 is 2.00 bits per heavy atom. The fraction of sp³-hybridized carbons (Fsp3) is 0.579. The lowest BCUT2D eigenvalue weighted by Gasteiger charge is -2.33. The van der Waals surface area contributed by atoms with Crippen molar-refractivity contribution < 1.29 is 0 Å². The maximum atomic E-state index is 3.97. The number of aryl methyl sites for hydroxylation is 1. The molecule has 2 heteroatoms. The second kappa shape index (κ2) is 5.49. The van der Waals surface area contributed by atoms with Gasteiger partial charge in [0, 0.05) is 28.7 Å². The highest BCUT2D eigenvalue weighted by atomic mass is 15.0. The van der Waals surface area contributed by atoms with E-state index in [0.29, 0.717) is 6.04 Å². The van der Waals surface area contributed by atoms with Crippen molar-refractivity contribution in [2.75, 3.05) is 0 Å². The maximum absolute atomic E-state index is 3.97. The zero-order valence-corrected chi connectivity index (χ0v) is 13.0. The monoisotopic (exact) mass is 282 g/mol. The van der Waals surface area contributed by atoms with Crippen molar-refractivity contribution in [3.8, 4) is 0 Å². The first-order chi connectivity index (χ1) is 10.3. The van der Waals surface area contributed by atoms with Gasteiger partial charge in [-0.25, -0.2) is 0 Å². The number of benzene rings is 1. The molecule has 0 bridgehead atoms. The maximum Gasteiger partial charge on any atom is 0.0478 e. The summed E-state index contributed by atoms with van der Waals surface area (Å²) in [6.45, 7) is 2.41. The van der Waals surface area contributed by atoms with E-state index in [1.54, 1.807) is 5.56 Å². The van der Waals surface area contributed by atoms with Gasteiger partial charge in [-0.15, -0.1) is 0 Å². The molecule has 4 rings (SSSR count).